The van der Waals surface area contributed by atoms with Crippen molar-refractivity contribution in [2.24, 2.45) is 0 Å². The van der Waals surface area contributed by atoms with Crippen LogP contribution in [0, 0.1) is 0 Å². The van der Waals surface area contributed by atoms with E-state index in [-0.39, 0.29) is 30.6 Å². The Bertz CT molecular complexity index is 1970. The van der Waals surface area contributed by atoms with Gasteiger partial charge in [-0.3, -0.25) is 19.4 Å². The molecule has 2 N–H and O–H groups in total. The van der Waals surface area contributed by atoms with Crippen molar-refractivity contribution in [2.75, 3.05) is 14.2 Å². The van der Waals surface area contributed by atoms with E-state index < -0.39 is 0 Å². The number of carbonyl (C=O) groups excluding carboxylic acids is 2. The Morgan fingerprint density at radius 3 is 1.39 bits per heavy atom. The topological polar surface area (TPSA) is 99.5 Å². The zero-order valence-corrected chi connectivity index (χ0v) is 25.1. The second kappa shape index (κ2) is 10.4. The Labute approximate surface area is 265 Å². The van der Waals surface area contributed by atoms with Crippen molar-refractivity contribution in [3.8, 4) is 11.5 Å². The Balaban J connectivity index is 1.43. The van der Waals surface area contributed by atoms with E-state index in [2.05, 4.69) is 0 Å². The minimum absolute atomic E-state index is 0.267. The second-order valence-electron chi connectivity index (χ2n) is 11.4. The maximum Gasteiger partial charge on any atom is 0.265 e. The fourth-order valence-electron chi connectivity index (χ4n) is 6.91. The number of methoxy groups -OCH3 is 2. The molecule has 2 amide bonds. The van der Waals surface area contributed by atoms with Crippen molar-refractivity contribution >= 4 is 34.4 Å². The first-order chi connectivity index (χ1) is 22.5. The van der Waals surface area contributed by atoms with Gasteiger partial charge >= 0.3 is 0 Å². The van der Waals surface area contributed by atoms with E-state index in [1.165, 1.54) is 0 Å². The quantitative estimate of drug-likeness (QED) is 0.308. The molecule has 8 heteroatoms. The number of benzene rings is 4. The number of amides is 2. The van der Waals surface area contributed by atoms with Crippen LogP contribution in [0.1, 0.15) is 44.5 Å². The van der Waals surface area contributed by atoms with Crippen LogP contribution in [0.15, 0.2) is 108 Å². The number of hydrogen-bond acceptors (Lipinski definition) is 6. The molecule has 46 heavy (non-hydrogen) atoms. The minimum atomic E-state index is -0.330. The predicted molar refractivity (Wildman–Crippen MR) is 172 cm³/mol. The first kappa shape index (κ1) is 27.8. The van der Waals surface area contributed by atoms with Gasteiger partial charge in [-0.05, 0) is 57.6 Å². The second-order valence-corrected chi connectivity index (χ2v) is 11.4. The van der Waals surface area contributed by atoms with Crippen LogP contribution in [0.3, 0.4) is 0 Å². The number of aliphatic hydroxyl groups is 2. The number of aliphatic hydroxyl groups excluding tert-OH is 2. The lowest BCUT2D eigenvalue weighted by atomic mass is 9.86. The molecule has 4 aromatic carbocycles. The van der Waals surface area contributed by atoms with E-state index >= 15 is 0 Å². The standard InChI is InChI=1S/C38H28N2O6/c1-45-31-15-26-28(16-32(31)46-2)36-34-33(37(43)40(36)18-30(26)22-11-7-4-8-12-22)35-27-14-24(20-42)23(19-41)13-25(27)29(17-39(35)38(34)44)21-9-5-3-6-10-21/h3-18,41-42H,19-20H2,1-2H3. The number of fused-ring (bicyclic) bond motifs is 7. The lowest BCUT2D eigenvalue weighted by molar-refractivity contribution is -0.122. The summed E-state index contributed by atoms with van der Waals surface area (Å²) < 4.78 is 11.3. The van der Waals surface area contributed by atoms with E-state index in [1.54, 1.807) is 42.5 Å². The fraction of sp³-hybridized carbons (Fsp3) is 0.105. The maximum absolute atomic E-state index is 14.6. The molecular formula is C38H28N2O6. The van der Waals surface area contributed by atoms with E-state index in [0.717, 1.165) is 33.4 Å². The molecule has 0 bridgehead atoms. The van der Waals surface area contributed by atoms with Crippen LogP contribution in [0.5, 0.6) is 11.5 Å². The molecule has 0 radical (unpaired) electrons. The number of ether oxygens (including phenoxy) is 2. The van der Waals surface area contributed by atoms with Gasteiger partial charge in [0.15, 0.2) is 11.5 Å². The molecule has 0 saturated heterocycles. The largest absolute Gasteiger partial charge is 0.493 e. The van der Waals surface area contributed by atoms with Crippen LogP contribution in [0.2, 0.25) is 0 Å². The van der Waals surface area contributed by atoms with Crippen molar-refractivity contribution < 1.29 is 29.3 Å². The molecule has 4 aliphatic heterocycles. The van der Waals surface area contributed by atoms with Gasteiger partial charge in [0.25, 0.3) is 11.8 Å². The van der Waals surface area contributed by atoms with Crippen LogP contribution in [-0.2, 0) is 22.8 Å². The van der Waals surface area contributed by atoms with Gasteiger partial charge in [0, 0.05) is 34.7 Å². The van der Waals surface area contributed by atoms with Gasteiger partial charge in [-0.2, -0.15) is 0 Å². The summed E-state index contributed by atoms with van der Waals surface area (Å²) in [6.45, 7) is -0.576. The Kier molecular flexibility index (Phi) is 6.32. The predicted octanol–water partition coefficient (Wildman–Crippen LogP) is 5.30. The molecule has 4 aliphatic rings. The zero-order valence-electron chi connectivity index (χ0n) is 25.1. The minimum Gasteiger partial charge on any atom is -0.493 e. The summed E-state index contributed by atoms with van der Waals surface area (Å²) in [7, 11) is 3.13. The first-order valence-corrected chi connectivity index (χ1v) is 14.8. The summed E-state index contributed by atoms with van der Waals surface area (Å²) in [5, 5.41) is 20.4. The Morgan fingerprint density at radius 2 is 0.957 bits per heavy atom. The van der Waals surface area contributed by atoms with Crippen LogP contribution < -0.4 is 9.47 Å². The highest BCUT2D eigenvalue weighted by Crippen LogP contribution is 2.54. The lowest BCUT2D eigenvalue weighted by Gasteiger charge is -2.31. The van der Waals surface area contributed by atoms with Crippen LogP contribution in [0.4, 0.5) is 0 Å². The summed E-state index contributed by atoms with van der Waals surface area (Å²) in [4.78, 5) is 32.2. The van der Waals surface area contributed by atoms with Crippen molar-refractivity contribution in [1.29, 1.82) is 0 Å². The fourth-order valence-corrected chi connectivity index (χ4v) is 6.91. The van der Waals surface area contributed by atoms with Crippen molar-refractivity contribution in [1.82, 2.24) is 9.80 Å². The average Bonchev–Trinajstić information content (AvgIpc) is 3.57. The average molecular weight is 609 g/mol. The number of nitrogens with zero attached hydrogens (tertiary/aromatic N) is 2. The molecule has 8 rings (SSSR count). The number of hydrogen-bond donors (Lipinski definition) is 2. The normalized spacial score (nSPS) is 16.1. The van der Waals surface area contributed by atoms with Crippen molar-refractivity contribution in [2.45, 2.75) is 13.2 Å². The maximum atomic E-state index is 14.6. The molecule has 4 aromatic rings. The van der Waals surface area contributed by atoms with E-state index in [1.807, 2.05) is 78.9 Å². The van der Waals surface area contributed by atoms with Gasteiger partial charge in [-0.25, -0.2) is 0 Å². The van der Waals surface area contributed by atoms with Gasteiger partial charge in [-0.1, -0.05) is 60.7 Å². The van der Waals surface area contributed by atoms with Crippen molar-refractivity contribution in [3.63, 3.8) is 0 Å². The van der Waals surface area contributed by atoms with Gasteiger partial charge in [0.05, 0.1) is 50.0 Å². The zero-order chi connectivity index (χ0) is 31.7. The van der Waals surface area contributed by atoms with Gasteiger partial charge in [0.2, 0.25) is 0 Å². The molecule has 4 heterocycles. The van der Waals surface area contributed by atoms with Crippen molar-refractivity contribution in [3.05, 3.63) is 153 Å². The van der Waals surface area contributed by atoms with Gasteiger partial charge < -0.3 is 19.7 Å². The monoisotopic (exact) mass is 608 g/mol. The van der Waals surface area contributed by atoms with Gasteiger partial charge in [-0.15, -0.1) is 0 Å². The number of carbonyl (C=O) groups is 2. The highest BCUT2D eigenvalue weighted by molar-refractivity contribution is 6.32. The molecule has 226 valence electrons. The third-order valence-corrected chi connectivity index (χ3v) is 9.05. The highest BCUT2D eigenvalue weighted by Gasteiger charge is 2.51. The molecule has 8 nitrogen and oxygen atoms in total. The molecular weight excluding hydrogens is 580 g/mol. The van der Waals surface area contributed by atoms with E-state index in [9.17, 15) is 19.8 Å². The van der Waals surface area contributed by atoms with E-state index in [4.69, 9.17) is 9.47 Å². The number of rotatable bonds is 6. The van der Waals surface area contributed by atoms with E-state index in [0.29, 0.717) is 50.7 Å². The molecule has 0 fully saturated rings. The van der Waals surface area contributed by atoms with Crippen LogP contribution in [0.25, 0.3) is 22.5 Å². The molecule has 0 atom stereocenters. The summed E-state index contributed by atoms with van der Waals surface area (Å²) in [5.41, 5.74) is 8.83. The lowest BCUT2D eigenvalue weighted by Crippen LogP contribution is -2.28. The van der Waals surface area contributed by atoms with Crippen LogP contribution in [-0.4, -0.2) is 46.0 Å². The summed E-state index contributed by atoms with van der Waals surface area (Å²) in [6.07, 6.45) is 3.57. The smallest absolute Gasteiger partial charge is 0.265 e. The molecule has 0 aromatic heterocycles. The third-order valence-electron chi connectivity index (χ3n) is 9.05. The van der Waals surface area contributed by atoms with Gasteiger partial charge in [0.1, 0.15) is 0 Å². The summed E-state index contributed by atoms with van der Waals surface area (Å²) >= 11 is 0. The summed E-state index contributed by atoms with van der Waals surface area (Å²) in [5.74, 6) is 0.342. The summed E-state index contributed by atoms with van der Waals surface area (Å²) in [6, 6.07) is 26.7. The molecule has 0 unspecified atom stereocenters. The highest BCUT2D eigenvalue weighted by atomic mass is 16.5. The third kappa shape index (κ3) is 3.81. The Morgan fingerprint density at radius 1 is 0.565 bits per heavy atom. The Hall–Kier alpha value is -5.70. The van der Waals surface area contributed by atoms with Crippen LogP contribution >= 0.6 is 0 Å². The molecule has 0 aliphatic carbocycles. The SMILES string of the molecule is COc1cc2c(cc1OC)C1=C3C(=O)N4C=C(c5ccccc5)c5cc(CO)c(CO)cc5C4=C3C(=O)N1C=C2c1ccccc1. The molecule has 0 saturated carbocycles. The molecule has 0 spiro atoms. The first-order valence-electron chi connectivity index (χ1n) is 14.8.